The second-order valence-electron chi connectivity index (χ2n) is 6.01. The number of benzene rings is 1. The fourth-order valence-electron chi connectivity index (χ4n) is 2.86. The van der Waals surface area contributed by atoms with E-state index < -0.39 is 0 Å². The number of hydrogen-bond acceptors (Lipinski definition) is 7. The van der Waals surface area contributed by atoms with E-state index in [1.165, 1.54) is 11.8 Å². The van der Waals surface area contributed by atoms with E-state index in [-0.39, 0.29) is 0 Å². The van der Waals surface area contributed by atoms with Crippen molar-refractivity contribution >= 4 is 56.5 Å². The molecular formula is C19H11Cl2N5OS2. The smallest absolute Gasteiger partial charge is 0.198 e. The maximum atomic E-state index is 6.44. The molecule has 0 fully saturated rings. The molecule has 0 aliphatic rings. The monoisotopic (exact) mass is 459 g/mol. The third kappa shape index (κ3) is 3.64. The molecular weight excluding hydrogens is 449 g/mol. The van der Waals surface area contributed by atoms with E-state index >= 15 is 0 Å². The summed E-state index contributed by atoms with van der Waals surface area (Å²) in [6.45, 7) is 0.454. The molecule has 4 aromatic heterocycles. The number of rotatable bonds is 5. The maximum Gasteiger partial charge on any atom is 0.198 e. The lowest BCUT2D eigenvalue weighted by Crippen LogP contribution is -2.04. The van der Waals surface area contributed by atoms with Crippen molar-refractivity contribution in [1.82, 2.24) is 24.7 Å². The Morgan fingerprint density at radius 2 is 2.03 bits per heavy atom. The van der Waals surface area contributed by atoms with Gasteiger partial charge in [0.05, 0.1) is 28.0 Å². The Labute approximate surface area is 183 Å². The summed E-state index contributed by atoms with van der Waals surface area (Å²) in [7, 11) is 0. The van der Waals surface area contributed by atoms with Crippen molar-refractivity contribution in [2.75, 3.05) is 0 Å². The molecule has 0 saturated carbocycles. The molecule has 0 amide bonds. The maximum absolute atomic E-state index is 6.44. The van der Waals surface area contributed by atoms with Crippen molar-refractivity contribution < 1.29 is 4.42 Å². The summed E-state index contributed by atoms with van der Waals surface area (Å²) in [5.74, 6) is 1.41. The van der Waals surface area contributed by atoms with E-state index in [4.69, 9.17) is 27.6 Å². The Morgan fingerprint density at radius 1 is 1.10 bits per heavy atom. The van der Waals surface area contributed by atoms with Crippen LogP contribution >= 0.6 is 46.3 Å². The molecule has 5 aromatic rings. The van der Waals surface area contributed by atoms with Gasteiger partial charge in [0.2, 0.25) is 0 Å². The van der Waals surface area contributed by atoms with Gasteiger partial charge in [-0.05, 0) is 53.5 Å². The van der Waals surface area contributed by atoms with Gasteiger partial charge in [0.15, 0.2) is 11.0 Å². The SMILES string of the molecule is Clc1ccc(-c2nnc(Sc3ncnc4ccsc34)n2Cc2ccco2)c(Cl)c1. The highest BCUT2D eigenvalue weighted by molar-refractivity contribution is 7.99. The van der Waals surface area contributed by atoms with Crippen LogP contribution in [0.2, 0.25) is 10.0 Å². The fourth-order valence-corrected chi connectivity index (χ4v) is 5.16. The first kappa shape index (κ1) is 18.6. The van der Waals surface area contributed by atoms with E-state index in [1.54, 1.807) is 36.1 Å². The Hall–Kier alpha value is -2.39. The lowest BCUT2D eigenvalue weighted by atomic mass is 10.2. The van der Waals surface area contributed by atoms with Crippen LogP contribution < -0.4 is 0 Å². The topological polar surface area (TPSA) is 69.6 Å². The van der Waals surface area contributed by atoms with Crippen LogP contribution in [0.3, 0.4) is 0 Å². The molecule has 4 heterocycles. The molecule has 5 rings (SSSR count). The molecule has 0 N–H and O–H groups in total. The average molecular weight is 460 g/mol. The number of fused-ring (bicyclic) bond motifs is 1. The first-order valence-corrected chi connectivity index (χ1v) is 10.9. The zero-order chi connectivity index (χ0) is 19.8. The molecule has 0 unspecified atom stereocenters. The largest absolute Gasteiger partial charge is 0.467 e. The van der Waals surface area contributed by atoms with Gasteiger partial charge in [-0.15, -0.1) is 21.5 Å². The summed E-state index contributed by atoms with van der Waals surface area (Å²) in [6, 6.07) is 11.0. The molecule has 6 nitrogen and oxygen atoms in total. The zero-order valence-corrected chi connectivity index (χ0v) is 17.8. The molecule has 0 spiro atoms. The Morgan fingerprint density at radius 3 is 2.86 bits per heavy atom. The highest BCUT2D eigenvalue weighted by Gasteiger charge is 2.20. The van der Waals surface area contributed by atoms with Gasteiger partial charge in [0.25, 0.3) is 0 Å². The van der Waals surface area contributed by atoms with Crippen molar-refractivity contribution in [3.05, 3.63) is 70.2 Å². The highest BCUT2D eigenvalue weighted by Crippen LogP contribution is 2.36. The number of aromatic nitrogens is 5. The van der Waals surface area contributed by atoms with Crippen LogP contribution in [0.25, 0.3) is 21.6 Å². The number of halogens is 2. The van der Waals surface area contributed by atoms with Crippen molar-refractivity contribution in [2.24, 2.45) is 0 Å². The van der Waals surface area contributed by atoms with Crippen LogP contribution in [0.5, 0.6) is 0 Å². The van der Waals surface area contributed by atoms with Gasteiger partial charge in [0, 0.05) is 10.6 Å². The highest BCUT2D eigenvalue weighted by atomic mass is 35.5. The van der Waals surface area contributed by atoms with Crippen molar-refractivity contribution in [3.8, 4) is 11.4 Å². The molecule has 10 heteroatoms. The number of hydrogen-bond donors (Lipinski definition) is 0. The molecule has 1 aromatic carbocycles. The van der Waals surface area contributed by atoms with E-state index in [1.807, 2.05) is 34.2 Å². The summed E-state index contributed by atoms with van der Waals surface area (Å²) < 4.78 is 8.52. The first-order valence-electron chi connectivity index (χ1n) is 8.46. The fraction of sp³-hybridized carbons (Fsp3) is 0.0526. The van der Waals surface area contributed by atoms with Gasteiger partial charge in [0.1, 0.15) is 17.1 Å². The summed E-state index contributed by atoms with van der Waals surface area (Å²) in [4.78, 5) is 8.74. The van der Waals surface area contributed by atoms with Crippen molar-refractivity contribution in [3.63, 3.8) is 0 Å². The minimum atomic E-state index is 0.454. The first-order chi connectivity index (χ1) is 14.2. The predicted molar refractivity (Wildman–Crippen MR) is 115 cm³/mol. The van der Waals surface area contributed by atoms with Gasteiger partial charge < -0.3 is 4.42 Å². The van der Waals surface area contributed by atoms with Gasteiger partial charge in [-0.1, -0.05) is 23.2 Å². The Kier molecular flexibility index (Phi) is 5.01. The second-order valence-corrected chi connectivity index (χ2v) is 8.73. The summed E-state index contributed by atoms with van der Waals surface area (Å²) in [6.07, 6.45) is 3.20. The molecule has 0 aliphatic carbocycles. The lowest BCUT2D eigenvalue weighted by molar-refractivity contribution is 0.485. The summed E-state index contributed by atoms with van der Waals surface area (Å²) in [5, 5.41) is 13.4. The number of nitrogens with zero attached hydrogens (tertiary/aromatic N) is 5. The second kappa shape index (κ2) is 7.79. The normalized spacial score (nSPS) is 11.4. The molecule has 0 bridgehead atoms. The van der Waals surface area contributed by atoms with E-state index in [2.05, 4.69) is 20.2 Å². The van der Waals surface area contributed by atoms with Gasteiger partial charge in [-0.25, -0.2) is 9.97 Å². The average Bonchev–Trinajstić information content (AvgIpc) is 3.45. The molecule has 0 radical (unpaired) electrons. The Balaban J connectivity index is 1.61. The molecule has 144 valence electrons. The molecule has 0 saturated heterocycles. The van der Waals surface area contributed by atoms with Crippen molar-refractivity contribution in [2.45, 2.75) is 16.7 Å². The third-order valence-corrected chi connectivity index (χ3v) is 6.76. The van der Waals surface area contributed by atoms with Crippen LogP contribution in [-0.4, -0.2) is 24.7 Å². The van der Waals surface area contributed by atoms with Crippen molar-refractivity contribution in [1.29, 1.82) is 0 Å². The van der Waals surface area contributed by atoms with E-state index in [0.717, 1.165) is 26.6 Å². The molecule has 0 aliphatic heterocycles. The third-order valence-electron chi connectivity index (χ3n) is 4.18. The number of thiophene rings is 1. The van der Waals surface area contributed by atoms with Gasteiger partial charge >= 0.3 is 0 Å². The van der Waals surface area contributed by atoms with E-state index in [0.29, 0.717) is 27.6 Å². The standard InChI is InChI=1S/C19H11Cl2N5OS2/c20-11-3-4-13(14(21)8-11)17-24-25-19(26(17)9-12-2-1-6-27-12)29-18-16-15(5-7-28-16)22-10-23-18/h1-8,10H,9H2. The van der Waals surface area contributed by atoms with Gasteiger partial charge in [-0.3, -0.25) is 4.57 Å². The predicted octanol–water partition coefficient (Wildman–Crippen LogP) is 6.05. The van der Waals surface area contributed by atoms with Crippen LogP contribution in [-0.2, 0) is 6.54 Å². The minimum absolute atomic E-state index is 0.454. The summed E-state index contributed by atoms with van der Waals surface area (Å²) >= 11 is 15.5. The van der Waals surface area contributed by atoms with E-state index in [9.17, 15) is 0 Å². The lowest BCUT2D eigenvalue weighted by Gasteiger charge is -2.10. The minimum Gasteiger partial charge on any atom is -0.467 e. The van der Waals surface area contributed by atoms with Crippen LogP contribution in [0, 0.1) is 0 Å². The Bertz CT molecular complexity index is 1300. The van der Waals surface area contributed by atoms with Crippen LogP contribution in [0.15, 0.2) is 69.0 Å². The molecule has 29 heavy (non-hydrogen) atoms. The molecule has 0 atom stereocenters. The van der Waals surface area contributed by atoms with Gasteiger partial charge in [-0.2, -0.15) is 0 Å². The quantitative estimate of drug-likeness (QED) is 0.298. The number of furan rings is 1. The summed E-state index contributed by atoms with van der Waals surface area (Å²) in [5.41, 5.74) is 1.65. The van der Waals surface area contributed by atoms with Crippen LogP contribution in [0.1, 0.15) is 5.76 Å². The van der Waals surface area contributed by atoms with Crippen LogP contribution in [0.4, 0.5) is 0 Å². The zero-order valence-electron chi connectivity index (χ0n) is 14.6.